The molecule has 1 unspecified atom stereocenters. The van der Waals surface area contributed by atoms with Crippen molar-refractivity contribution < 1.29 is 17.9 Å². The summed E-state index contributed by atoms with van der Waals surface area (Å²) >= 11 is 6.21. The highest BCUT2D eigenvalue weighted by atomic mass is 35.5. The van der Waals surface area contributed by atoms with Crippen molar-refractivity contribution in [3.05, 3.63) is 70.6 Å². The highest BCUT2D eigenvalue weighted by molar-refractivity contribution is 7.89. The number of carbonyl (C=O) groups excluding carboxylic acids is 1. The minimum atomic E-state index is -3.80. The van der Waals surface area contributed by atoms with Crippen LogP contribution in [0.25, 0.3) is 0 Å². The summed E-state index contributed by atoms with van der Waals surface area (Å²) in [6, 6.07) is 11.2. The normalized spacial score (nSPS) is 16.4. The van der Waals surface area contributed by atoms with Crippen LogP contribution in [0.4, 0.5) is 5.69 Å². The van der Waals surface area contributed by atoms with Crippen LogP contribution in [-0.2, 0) is 14.8 Å². The van der Waals surface area contributed by atoms with Crippen LogP contribution in [0.2, 0.25) is 5.02 Å². The molecule has 10 heteroatoms. The van der Waals surface area contributed by atoms with Crippen LogP contribution in [0.5, 0.6) is 11.6 Å². The quantitative estimate of drug-likeness (QED) is 0.605. The van der Waals surface area contributed by atoms with Crippen LogP contribution in [0.1, 0.15) is 29.3 Å². The number of nitrogens with two attached hydrogens (primary N) is 1. The lowest BCUT2D eigenvalue weighted by molar-refractivity contribution is -0.117. The summed E-state index contributed by atoms with van der Waals surface area (Å²) in [5, 5.41) is 5.66. The summed E-state index contributed by atoms with van der Waals surface area (Å²) in [5.41, 5.74) is 2.79. The van der Waals surface area contributed by atoms with Crippen molar-refractivity contribution in [3.8, 4) is 11.6 Å². The van der Waals surface area contributed by atoms with Gasteiger partial charge in [0.05, 0.1) is 16.3 Å². The molecule has 2 aromatic carbocycles. The first-order valence-corrected chi connectivity index (χ1v) is 11.7. The molecular formula is C22H21ClN4O4S. The molecule has 8 nitrogen and oxygen atoms in total. The topological polar surface area (TPSA) is 115 Å². The number of rotatable bonds is 5. The van der Waals surface area contributed by atoms with E-state index < -0.39 is 10.0 Å². The first kappa shape index (κ1) is 22.2. The van der Waals surface area contributed by atoms with Gasteiger partial charge in [-0.1, -0.05) is 17.7 Å². The minimum Gasteiger partial charge on any atom is -0.437 e. The van der Waals surface area contributed by atoms with E-state index >= 15 is 0 Å². The fourth-order valence-corrected chi connectivity index (χ4v) is 4.31. The fourth-order valence-electron chi connectivity index (χ4n) is 3.63. The van der Waals surface area contributed by atoms with Crippen LogP contribution in [0.3, 0.4) is 0 Å². The maximum Gasteiger partial charge on any atom is 0.241 e. The van der Waals surface area contributed by atoms with Gasteiger partial charge in [-0.15, -0.1) is 0 Å². The van der Waals surface area contributed by atoms with E-state index in [1.165, 1.54) is 12.1 Å². The summed E-state index contributed by atoms with van der Waals surface area (Å²) in [6.45, 7) is 4.04. The van der Waals surface area contributed by atoms with Gasteiger partial charge in [-0.2, -0.15) is 0 Å². The molecule has 1 amide bonds. The summed E-state index contributed by atoms with van der Waals surface area (Å²) in [5.74, 6) is 0.676. The molecule has 166 valence electrons. The van der Waals surface area contributed by atoms with E-state index in [1.54, 1.807) is 42.3 Å². The predicted octanol–water partition coefficient (Wildman–Crippen LogP) is 3.71. The van der Waals surface area contributed by atoms with Gasteiger partial charge >= 0.3 is 0 Å². The number of aryl methyl sites for hydroxylation is 2. The second kappa shape index (κ2) is 8.50. The summed E-state index contributed by atoms with van der Waals surface area (Å²) in [6.07, 6.45) is 1.93. The number of hydrogen-bond acceptors (Lipinski definition) is 6. The molecule has 2 N–H and O–H groups in total. The maximum atomic E-state index is 12.8. The molecule has 0 saturated carbocycles. The van der Waals surface area contributed by atoms with Crippen LogP contribution < -0.4 is 14.8 Å². The van der Waals surface area contributed by atoms with E-state index in [1.807, 2.05) is 13.0 Å². The Bertz CT molecular complexity index is 1300. The van der Waals surface area contributed by atoms with Crippen molar-refractivity contribution in [3.63, 3.8) is 0 Å². The molecule has 0 bridgehead atoms. The molecule has 1 fully saturated rings. The Labute approximate surface area is 191 Å². The summed E-state index contributed by atoms with van der Waals surface area (Å²) in [4.78, 5) is 23.1. The molecule has 0 radical (unpaired) electrons. The van der Waals surface area contributed by atoms with Gasteiger partial charge in [0.25, 0.3) is 0 Å². The predicted molar refractivity (Wildman–Crippen MR) is 121 cm³/mol. The number of sulfonamides is 1. The third kappa shape index (κ3) is 4.59. The summed E-state index contributed by atoms with van der Waals surface area (Å²) < 4.78 is 29.1. The molecule has 1 atom stereocenters. The van der Waals surface area contributed by atoms with Crippen molar-refractivity contribution in [1.82, 2.24) is 9.97 Å². The Morgan fingerprint density at radius 3 is 2.56 bits per heavy atom. The number of benzene rings is 2. The third-order valence-corrected chi connectivity index (χ3v) is 6.42. The average molecular weight is 473 g/mol. The second-order valence-corrected chi connectivity index (χ2v) is 9.63. The van der Waals surface area contributed by atoms with Crippen LogP contribution >= 0.6 is 11.6 Å². The van der Waals surface area contributed by atoms with Gasteiger partial charge in [-0.25, -0.2) is 18.5 Å². The lowest BCUT2D eigenvalue weighted by Crippen LogP contribution is -2.24. The van der Waals surface area contributed by atoms with Crippen LogP contribution in [0.15, 0.2) is 53.6 Å². The molecule has 1 saturated heterocycles. The lowest BCUT2D eigenvalue weighted by Gasteiger charge is -2.19. The Hall–Kier alpha value is -3.01. The molecular weight excluding hydrogens is 452 g/mol. The maximum absolute atomic E-state index is 12.8. The number of anilines is 1. The number of ether oxygens (including phenoxy) is 1. The first-order chi connectivity index (χ1) is 15.1. The monoisotopic (exact) mass is 472 g/mol. The largest absolute Gasteiger partial charge is 0.437 e. The Morgan fingerprint density at radius 2 is 1.88 bits per heavy atom. The average Bonchev–Trinajstić information content (AvgIpc) is 3.11. The Balaban J connectivity index is 1.62. The van der Waals surface area contributed by atoms with Crippen LogP contribution in [-0.4, -0.2) is 30.8 Å². The highest BCUT2D eigenvalue weighted by Crippen LogP contribution is 2.39. The SMILES string of the molecule is Cc1cnc(C)c(Oc2cc(Cl)ccc2C2CC(=O)N(c3ccc(S(N)(=O)=O)cc3)C2)n1. The molecule has 2 heterocycles. The zero-order valence-electron chi connectivity index (χ0n) is 17.4. The molecule has 0 aliphatic carbocycles. The van der Waals surface area contributed by atoms with Gasteiger partial charge in [0.15, 0.2) is 0 Å². The fraction of sp³-hybridized carbons (Fsp3) is 0.227. The number of amides is 1. The standard InChI is InChI=1S/C22H21ClN4O4S/c1-13-11-25-14(2)22(26-13)31-20-10-16(23)3-8-19(20)15-9-21(28)27(12-15)17-4-6-18(7-5-17)32(24,29)30/h3-8,10-11,15H,9,12H2,1-2H3,(H2,24,29,30). The Kier molecular flexibility index (Phi) is 5.89. The Morgan fingerprint density at radius 1 is 1.16 bits per heavy atom. The van der Waals surface area contributed by atoms with Crippen molar-refractivity contribution in [2.75, 3.05) is 11.4 Å². The number of halogens is 1. The number of hydrogen-bond donors (Lipinski definition) is 1. The van der Waals surface area contributed by atoms with Gasteiger partial charge in [-0.3, -0.25) is 9.78 Å². The molecule has 0 spiro atoms. The van der Waals surface area contributed by atoms with Crippen LogP contribution in [0, 0.1) is 13.8 Å². The van der Waals surface area contributed by atoms with E-state index in [0.29, 0.717) is 34.6 Å². The third-order valence-electron chi connectivity index (χ3n) is 5.26. The molecule has 4 rings (SSSR count). The van der Waals surface area contributed by atoms with Gasteiger partial charge < -0.3 is 9.64 Å². The van der Waals surface area contributed by atoms with E-state index in [9.17, 15) is 13.2 Å². The van der Waals surface area contributed by atoms with E-state index in [0.717, 1.165) is 11.3 Å². The highest BCUT2D eigenvalue weighted by Gasteiger charge is 2.33. The molecule has 1 aliphatic heterocycles. The zero-order valence-corrected chi connectivity index (χ0v) is 19.0. The van der Waals surface area contributed by atoms with Gasteiger partial charge in [0.1, 0.15) is 5.75 Å². The second-order valence-electron chi connectivity index (χ2n) is 7.63. The van der Waals surface area contributed by atoms with Crippen molar-refractivity contribution in [2.45, 2.75) is 31.1 Å². The van der Waals surface area contributed by atoms with E-state index in [-0.39, 0.29) is 23.1 Å². The van der Waals surface area contributed by atoms with Crippen molar-refractivity contribution in [1.29, 1.82) is 0 Å². The molecule has 1 aliphatic rings. The molecule has 1 aromatic heterocycles. The van der Waals surface area contributed by atoms with E-state index in [4.69, 9.17) is 21.5 Å². The zero-order chi connectivity index (χ0) is 23.0. The molecule has 3 aromatic rings. The molecule has 32 heavy (non-hydrogen) atoms. The lowest BCUT2D eigenvalue weighted by atomic mass is 9.97. The number of carbonyl (C=O) groups is 1. The van der Waals surface area contributed by atoms with Crippen molar-refractivity contribution in [2.24, 2.45) is 5.14 Å². The van der Waals surface area contributed by atoms with Crippen molar-refractivity contribution >= 4 is 33.2 Å². The number of nitrogens with zero attached hydrogens (tertiary/aromatic N) is 3. The first-order valence-electron chi connectivity index (χ1n) is 9.82. The number of aromatic nitrogens is 2. The summed E-state index contributed by atoms with van der Waals surface area (Å²) in [7, 11) is -3.80. The number of primary sulfonamides is 1. The van der Waals surface area contributed by atoms with Gasteiger partial charge in [-0.05, 0) is 50.2 Å². The van der Waals surface area contributed by atoms with Gasteiger partial charge in [0.2, 0.25) is 21.8 Å². The minimum absolute atomic E-state index is 0.00697. The van der Waals surface area contributed by atoms with Gasteiger partial charge in [0, 0.05) is 41.4 Å². The smallest absolute Gasteiger partial charge is 0.241 e. The van der Waals surface area contributed by atoms with E-state index in [2.05, 4.69) is 9.97 Å².